The lowest BCUT2D eigenvalue weighted by molar-refractivity contribution is 0.399. The second-order valence-electron chi connectivity index (χ2n) is 3.55. The smallest absolute Gasteiger partial charge is 0.215 e. The van der Waals surface area contributed by atoms with E-state index in [0.717, 1.165) is 16.9 Å². The number of H-pyrrole nitrogens is 1. The molecule has 0 spiro atoms. The summed E-state index contributed by atoms with van der Waals surface area (Å²) >= 11 is 0. The van der Waals surface area contributed by atoms with Crippen LogP contribution in [0.1, 0.15) is 0 Å². The predicted octanol–water partition coefficient (Wildman–Crippen LogP) is 2.03. The average Bonchev–Trinajstić information content (AvgIpc) is 2.82. The molecule has 0 bridgehead atoms. The summed E-state index contributed by atoms with van der Waals surface area (Å²) in [4.78, 5) is 15.9. The Morgan fingerprint density at radius 1 is 1.06 bits per heavy atom. The van der Waals surface area contributed by atoms with Crippen LogP contribution in [0.2, 0.25) is 0 Å². The van der Waals surface area contributed by atoms with Crippen LogP contribution in [0.3, 0.4) is 0 Å². The Labute approximate surface area is 97.5 Å². The lowest BCUT2D eigenvalue weighted by atomic mass is 10.3. The first-order valence-corrected chi connectivity index (χ1v) is 5.18. The Hall–Kier alpha value is -2.43. The lowest BCUT2D eigenvalue weighted by Gasteiger charge is -1.95. The third-order valence-corrected chi connectivity index (χ3v) is 2.48. The molecule has 0 fully saturated rings. The van der Waals surface area contributed by atoms with Crippen LogP contribution in [0.5, 0.6) is 5.88 Å². The van der Waals surface area contributed by atoms with Crippen molar-refractivity contribution in [3.05, 3.63) is 36.7 Å². The van der Waals surface area contributed by atoms with Gasteiger partial charge in [0.15, 0.2) is 5.65 Å². The van der Waals surface area contributed by atoms with Gasteiger partial charge in [0.25, 0.3) is 0 Å². The highest BCUT2D eigenvalue weighted by atomic mass is 16.5. The Kier molecular flexibility index (Phi) is 2.22. The molecule has 5 heteroatoms. The molecule has 1 N–H and O–H groups in total. The number of aromatic amines is 1. The Balaban J connectivity index is 2.14. The molecule has 3 heterocycles. The van der Waals surface area contributed by atoms with Crippen LogP contribution in [0.25, 0.3) is 22.6 Å². The first-order valence-electron chi connectivity index (χ1n) is 5.18. The van der Waals surface area contributed by atoms with Gasteiger partial charge in [-0.1, -0.05) is 0 Å². The fraction of sp³-hybridized carbons (Fsp3) is 0.0833. The number of pyridine rings is 2. The number of rotatable bonds is 2. The highest BCUT2D eigenvalue weighted by Gasteiger charge is 2.06. The molecule has 0 saturated carbocycles. The van der Waals surface area contributed by atoms with Gasteiger partial charge < -0.3 is 9.72 Å². The summed E-state index contributed by atoms with van der Waals surface area (Å²) in [6, 6.07) is 7.50. The summed E-state index contributed by atoms with van der Waals surface area (Å²) in [6.07, 6.45) is 3.47. The third-order valence-electron chi connectivity index (χ3n) is 2.48. The van der Waals surface area contributed by atoms with Crippen LogP contribution < -0.4 is 4.74 Å². The maximum absolute atomic E-state index is 5.06. The van der Waals surface area contributed by atoms with Crippen LogP contribution >= 0.6 is 0 Å². The topological polar surface area (TPSA) is 63.7 Å². The molecule has 17 heavy (non-hydrogen) atoms. The predicted molar refractivity (Wildman–Crippen MR) is 63.7 cm³/mol. The Morgan fingerprint density at radius 2 is 1.88 bits per heavy atom. The fourth-order valence-electron chi connectivity index (χ4n) is 1.64. The molecule has 0 radical (unpaired) electrons. The molecule has 0 unspecified atom stereocenters. The van der Waals surface area contributed by atoms with Gasteiger partial charge in [-0.15, -0.1) is 0 Å². The van der Waals surface area contributed by atoms with Gasteiger partial charge in [-0.05, 0) is 18.2 Å². The van der Waals surface area contributed by atoms with Crippen molar-refractivity contribution in [1.29, 1.82) is 0 Å². The zero-order valence-electron chi connectivity index (χ0n) is 9.21. The van der Waals surface area contributed by atoms with E-state index in [1.165, 1.54) is 0 Å². The summed E-state index contributed by atoms with van der Waals surface area (Å²) in [5.41, 5.74) is 2.52. The molecule has 0 aliphatic carbocycles. The number of methoxy groups -OCH3 is 1. The standard InChI is InChI=1S/C12H10N4O/c1-17-10-3-2-9-12(15-10)16-11(14-9)8-4-6-13-7-5-8/h2-7H,1H3,(H,14,15,16). The first-order chi connectivity index (χ1) is 8.36. The number of hydrogen-bond acceptors (Lipinski definition) is 4. The van der Waals surface area contributed by atoms with Crippen LogP contribution in [0.15, 0.2) is 36.7 Å². The van der Waals surface area contributed by atoms with E-state index in [-0.39, 0.29) is 0 Å². The SMILES string of the molecule is COc1ccc2[nH]c(-c3ccncc3)nc2n1. The van der Waals surface area contributed by atoms with Crippen molar-refractivity contribution in [2.24, 2.45) is 0 Å². The number of nitrogens with one attached hydrogen (secondary N) is 1. The molecule has 0 aromatic carbocycles. The number of imidazole rings is 1. The van der Waals surface area contributed by atoms with Gasteiger partial charge in [0.05, 0.1) is 12.6 Å². The highest BCUT2D eigenvalue weighted by Crippen LogP contribution is 2.20. The summed E-state index contributed by atoms with van der Waals surface area (Å²) in [5.74, 6) is 1.34. The summed E-state index contributed by atoms with van der Waals surface area (Å²) in [7, 11) is 1.59. The number of aromatic nitrogens is 4. The van der Waals surface area contributed by atoms with E-state index in [0.29, 0.717) is 11.5 Å². The van der Waals surface area contributed by atoms with E-state index in [9.17, 15) is 0 Å². The number of hydrogen-bond donors (Lipinski definition) is 1. The minimum atomic E-state index is 0.560. The van der Waals surface area contributed by atoms with Crippen molar-refractivity contribution < 1.29 is 4.74 Å². The second kappa shape index (κ2) is 3.86. The van der Waals surface area contributed by atoms with Crippen LogP contribution in [-0.2, 0) is 0 Å². The van der Waals surface area contributed by atoms with E-state index in [1.807, 2.05) is 18.2 Å². The van der Waals surface area contributed by atoms with Crippen molar-refractivity contribution in [3.63, 3.8) is 0 Å². The van der Waals surface area contributed by atoms with Gasteiger partial charge in [0.2, 0.25) is 5.88 Å². The average molecular weight is 226 g/mol. The van der Waals surface area contributed by atoms with E-state index in [2.05, 4.69) is 19.9 Å². The maximum Gasteiger partial charge on any atom is 0.215 e. The van der Waals surface area contributed by atoms with Gasteiger partial charge >= 0.3 is 0 Å². The molecule has 0 amide bonds. The number of nitrogens with zero attached hydrogens (tertiary/aromatic N) is 3. The third kappa shape index (κ3) is 1.71. The molecule has 3 aromatic heterocycles. The lowest BCUT2D eigenvalue weighted by Crippen LogP contribution is -1.86. The number of ether oxygens (including phenoxy) is 1. The van der Waals surface area contributed by atoms with Crippen molar-refractivity contribution in [3.8, 4) is 17.3 Å². The zero-order valence-corrected chi connectivity index (χ0v) is 9.21. The summed E-state index contributed by atoms with van der Waals surface area (Å²) < 4.78 is 5.06. The van der Waals surface area contributed by atoms with Gasteiger partial charge in [-0.25, -0.2) is 4.98 Å². The molecule has 84 valence electrons. The van der Waals surface area contributed by atoms with Crippen molar-refractivity contribution in [2.75, 3.05) is 7.11 Å². The normalized spacial score (nSPS) is 10.6. The monoisotopic (exact) mass is 226 g/mol. The molecule has 3 rings (SSSR count). The minimum Gasteiger partial charge on any atom is -0.481 e. The van der Waals surface area contributed by atoms with E-state index < -0.39 is 0 Å². The Bertz CT molecular complexity index is 648. The van der Waals surface area contributed by atoms with Crippen molar-refractivity contribution in [2.45, 2.75) is 0 Å². The summed E-state index contributed by atoms with van der Waals surface area (Å²) in [6.45, 7) is 0. The van der Waals surface area contributed by atoms with Crippen molar-refractivity contribution in [1.82, 2.24) is 19.9 Å². The molecule has 0 atom stereocenters. The zero-order chi connectivity index (χ0) is 11.7. The molecular formula is C12H10N4O. The molecule has 0 saturated heterocycles. The van der Waals surface area contributed by atoms with E-state index in [4.69, 9.17) is 4.74 Å². The quantitative estimate of drug-likeness (QED) is 0.726. The van der Waals surface area contributed by atoms with Crippen LogP contribution in [-0.4, -0.2) is 27.0 Å². The molecule has 0 aliphatic heterocycles. The molecule has 3 aromatic rings. The van der Waals surface area contributed by atoms with Gasteiger partial charge in [0, 0.05) is 24.0 Å². The van der Waals surface area contributed by atoms with Crippen molar-refractivity contribution >= 4 is 11.2 Å². The Morgan fingerprint density at radius 3 is 2.65 bits per heavy atom. The largest absolute Gasteiger partial charge is 0.481 e. The molecule has 0 aliphatic rings. The summed E-state index contributed by atoms with van der Waals surface area (Å²) in [5, 5.41) is 0. The fourth-order valence-corrected chi connectivity index (χ4v) is 1.64. The maximum atomic E-state index is 5.06. The minimum absolute atomic E-state index is 0.560. The van der Waals surface area contributed by atoms with E-state index in [1.54, 1.807) is 25.6 Å². The van der Waals surface area contributed by atoms with Gasteiger partial charge in [-0.2, -0.15) is 4.98 Å². The first kappa shape index (κ1) is 9.77. The van der Waals surface area contributed by atoms with E-state index >= 15 is 0 Å². The molecule has 5 nitrogen and oxygen atoms in total. The van der Waals surface area contributed by atoms with Gasteiger partial charge in [-0.3, -0.25) is 4.98 Å². The number of fused-ring (bicyclic) bond motifs is 1. The highest BCUT2D eigenvalue weighted by molar-refractivity contribution is 5.76. The second-order valence-corrected chi connectivity index (χ2v) is 3.55. The van der Waals surface area contributed by atoms with Crippen LogP contribution in [0, 0.1) is 0 Å². The van der Waals surface area contributed by atoms with Crippen LogP contribution in [0.4, 0.5) is 0 Å². The van der Waals surface area contributed by atoms with Gasteiger partial charge in [0.1, 0.15) is 5.82 Å². The molecular weight excluding hydrogens is 216 g/mol.